The molecule has 4 nitrogen and oxygen atoms in total. The Morgan fingerprint density at radius 2 is 2.00 bits per heavy atom. The van der Waals surface area contributed by atoms with Gasteiger partial charge in [0.05, 0.1) is 18.4 Å². The van der Waals surface area contributed by atoms with Gasteiger partial charge in [-0.3, -0.25) is 4.79 Å². The largest absolute Gasteiger partial charge is 0.497 e. The Morgan fingerprint density at radius 3 is 2.65 bits per heavy atom. The van der Waals surface area contributed by atoms with E-state index >= 15 is 0 Å². The summed E-state index contributed by atoms with van der Waals surface area (Å²) in [6.45, 7) is 1.96. The van der Waals surface area contributed by atoms with Gasteiger partial charge in [-0.15, -0.1) is 0 Å². The number of nitrogens with one attached hydrogen (secondary N) is 1. The fourth-order valence-corrected chi connectivity index (χ4v) is 2.14. The van der Waals surface area contributed by atoms with Crippen molar-refractivity contribution in [3.63, 3.8) is 0 Å². The Labute approximate surface area is 126 Å². The number of ether oxygens (including phenoxy) is 1. The predicted molar refractivity (Wildman–Crippen MR) is 84.2 cm³/mol. The van der Waals surface area contributed by atoms with Crippen molar-refractivity contribution in [3.05, 3.63) is 52.0 Å². The molecule has 2 aromatic carbocycles. The van der Waals surface area contributed by atoms with E-state index in [1.54, 1.807) is 25.3 Å². The van der Waals surface area contributed by atoms with Crippen LogP contribution in [0.3, 0.4) is 0 Å². The molecule has 0 fully saturated rings. The maximum atomic E-state index is 12.2. The fraction of sp³-hybridized carbons (Fsp3) is 0.133. The van der Waals surface area contributed by atoms with Crippen molar-refractivity contribution < 1.29 is 9.53 Å². The number of anilines is 2. The molecule has 0 heterocycles. The van der Waals surface area contributed by atoms with E-state index < -0.39 is 0 Å². The molecule has 2 aromatic rings. The second-order valence-corrected chi connectivity index (χ2v) is 5.24. The number of benzene rings is 2. The van der Waals surface area contributed by atoms with Crippen LogP contribution in [0, 0.1) is 6.92 Å². The number of amides is 1. The predicted octanol–water partition coefficient (Wildman–Crippen LogP) is 3.60. The number of hydrogen-bond acceptors (Lipinski definition) is 3. The molecular weight excluding hydrogens is 320 g/mol. The van der Waals surface area contributed by atoms with Gasteiger partial charge in [0.2, 0.25) is 0 Å². The highest BCUT2D eigenvalue weighted by Gasteiger charge is 2.12. The summed E-state index contributed by atoms with van der Waals surface area (Å²) in [5.74, 6) is 0.368. The maximum absolute atomic E-state index is 12.2. The zero-order chi connectivity index (χ0) is 14.7. The van der Waals surface area contributed by atoms with Gasteiger partial charge in [0.1, 0.15) is 5.75 Å². The standard InChI is InChI=1S/C15H15BrN2O2/c1-9-3-6-12(16)14(7-9)18-15(19)11-5-4-10(20-2)8-13(11)17/h3-8H,17H2,1-2H3,(H,18,19). The van der Waals surface area contributed by atoms with Gasteiger partial charge in [0.25, 0.3) is 5.91 Å². The van der Waals surface area contributed by atoms with Crippen LogP contribution in [-0.2, 0) is 0 Å². The first-order valence-electron chi connectivity index (χ1n) is 6.02. The summed E-state index contributed by atoms with van der Waals surface area (Å²) in [5, 5.41) is 2.84. The van der Waals surface area contributed by atoms with Crippen molar-refractivity contribution in [1.82, 2.24) is 0 Å². The Morgan fingerprint density at radius 1 is 1.25 bits per heavy atom. The molecular formula is C15H15BrN2O2. The third-order valence-corrected chi connectivity index (χ3v) is 3.56. The smallest absolute Gasteiger partial charge is 0.257 e. The highest BCUT2D eigenvalue weighted by Crippen LogP contribution is 2.25. The van der Waals surface area contributed by atoms with Crippen molar-refractivity contribution in [2.24, 2.45) is 0 Å². The summed E-state index contributed by atoms with van der Waals surface area (Å²) in [5.41, 5.74) is 8.44. The molecule has 0 aliphatic carbocycles. The van der Waals surface area contributed by atoms with Crippen LogP contribution in [0.5, 0.6) is 5.75 Å². The van der Waals surface area contributed by atoms with Gasteiger partial charge in [-0.2, -0.15) is 0 Å². The number of hydrogen-bond donors (Lipinski definition) is 2. The average molecular weight is 335 g/mol. The molecule has 0 atom stereocenters. The fourth-order valence-electron chi connectivity index (χ4n) is 1.80. The summed E-state index contributed by atoms with van der Waals surface area (Å²) in [6.07, 6.45) is 0. The maximum Gasteiger partial charge on any atom is 0.257 e. The van der Waals surface area contributed by atoms with Crippen LogP contribution < -0.4 is 15.8 Å². The number of halogens is 1. The third kappa shape index (κ3) is 3.11. The van der Waals surface area contributed by atoms with E-state index in [1.165, 1.54) is 0 Å². The highest BCUT2D eigenvalue weighted by molar-refractivity contribution is 9.10. The molecule has 5 heteroatoms. The first-order chi connectivity index (χ1) is 9.51. The van der Waals surface area contributed by atoms with Crippen molar-refractivity contribution >= 4 is 33.2 Å². The average Bonchev–Trinajstić information content (AvgIpc) is 2.42. The third-order valence-electron chi connectivity index (χ3n) is 2.87. The molecule has 1 amide bonds. The number of nitrogens with two attached hydrogens (primary N) is 1. The number of carbonyl (C=O) groups is 1. The molecule has 20 heavy (non-hydrogen) atoms. The molecule has 104 valence electrons. The van der Waals surface area contributed by atoms with Crippen LogP contribution in [0.15, 0.2) is 40.9 Å². The molecule has 0 aliphatic rings. The van der Waals surface area contributed by atoms with Crippen LogP contribution in [0.4, 0.5) is 11.4 Å². The van der Waals surface area contributed by atoms with Crippen LogP contribution in [0.2, 0.25) is 0 Å². The molecule has 0 unspecified atom stereocenters. The number of methoxy groups -OCH3 is 1. The van der Waals surface area contributed by atoms with E-state index in [0.29, 0.717) is 22.7 Å². The lowest BCUT2D eigenvalue weighted by atomic mass is 10.1. The lowest BCUT2D eigenvalue weighted by Crippen LogP contribution is -2.14. The number of aryl methyl sites for hydroxylation is 1. The summed E-state index contributed by atoms with van der Waals surface area (Å²) in [6, 6.07) is 10.7. The molecule has 3 N–H and O–H groups in total. The van der Waals surface area contributed by atoms with Crippen molar-refractivity contribution in [2.45, 2.75) is 6.92 Å². The normalized spacial score (nSPS) is 10.2. The quantitative estimate of drug-likeness (QED) is 0.843. The van der Waals surface area contributed by atoms with E-state index in [2.05, 4.69) is 21.2 Å². The Bertz CT molecular complexity index is 656. The second-order valence-electron chi connectivity index (χ2n) is 4.39. The van der Waals surface area contributed by atoms with Gasteiger partial charge in [-0.05, 0) is 52.7 Å². The Hall–Kier alpha value is -2.01. The number of carbonyl (C=O) groups excluding carboxylic acids is 1. The van der Waals surface area contributed by atoms with Gasteiger partial charge >= 0.3 is 0 Å². The van der Waals surface area contributed by atoms with E-state index in [-0.39, 0.29) is 5.91 Å². The molecule has 0 aliphatic heterocycles. The van der Waals surface area contributed by atoms with Crippen LogP contribution in [0.25, 0.3) is 0 Å². The second kappa shape index (κ2) is 5.96. The van der Waals surface area contributed by atoms with Gasteiger partial charge in [-0.1, -0.05) is 6.07 Å². The van der Waals surface area contributed by atoms with Crippen molar-refractivity contribution in [1.29, 1.82) is 0 Å². The summed E-state index contributed by atoms with van der Waals surface area (Å²) >= 11 is 3.41. The zero-order valence-corrected chi connectivity index (χ0v) is 12.8. The summed E-state index contributed by atoms with van der Waals surface area (Å²) in [4.78, 5) is 12.2. The van der Waals surface area contributed by atoms with Crippen LogP contribution in [0.1, 0.15) is 15.9 Å². The lowest BCUT2D eigenvalue weighted by Gasteiger charge is -2.11. The van der Waals surface area contributed by atoms with Gasteiger partial charge in [-0.25, -0.2) is 0 Å². The summed E-state index contributed by atoms with van der Waals surface area (Å²) < 4.78 is 5.89. The Kier molecular flexibility index (Phi) is 4.29. The van der Waals surface area contributed by atoms with Gasteiger partial charge in [0.15, 0.2) is 0 Å². The van der Waals surface area contributed by atoms with E-state index in [9.17, 15) is 4.79 Å². The van der Waals surface area contributed by atoms with Crippen molar-refractivity contribution in [3.8, 4) is 5.75 Å². The molecule has 0 radical (unpaired) electrons. The number of rotatable bonds is 3. The topological polar surface area (TPSA) is 64.3 Å². The molecule has 0 spiro atoms. The molecule has 2 rings (SSSR count). The van der Waals surface area contributed by atoms with Gasteiger partial charge in [0, 0.05) is 16.2 Å². The minimum atomic E-state index is -0.253. The molecule has 0 saturated heterocycles. The van der Waals surface area contributed by atoms with Crippen LogP contribution in [-0.4, -0.2) is 13.0 Å². The zero-order valence-electron chi connectivity index (χ0n) is 11.2. The first kappa shape index (κ1) is 14.4. The first-order valence-corrected chi connectivity index (χ1v) is 6.81. The minimum absolute atomic E-state index is 0.253. The highest BCUT2D eigenvalue weighted by atomic mass is 79.9. The monoisotopic (exact) mass is 334 g/mol. The lowest BCUT2D eigenvalue weighted by molar-refractivity contribution is 0.102. The molecule has 0 bridgehead atoms. The SMILES string of the molecule is COc1ccc(C(=O)Nc2cc(C)ccc2Br)c(N)c1. The van der Waals surface area contributed by atoms with Gasteiger partial charge < -0.3 is 15.8 Å². The van der Waals surface area contributed by atoms with E-state index in [0.717, 1.165) is 10.0 Å². The van der Waals surface area contributed by atoms with E-state index in [4.69, 9.17) is 10.5 Å². The molecule has 0 saturated carbocycles. The van der Waals surface area contributed by atoms with Crippen molar-refractivity contribution in [2.75, 3.05) is 18.2 Å². The van der Waals surface area contributed by atoms with E-state index in [1.807, 2.05) is 25.1 Å². The summed E-state index contributed by atoms with van der Waals surface area (Å²) in [7, 11) is 1.55. The molecule has 0 aromatic heterocycles. The Balaban J connectivity index is 2.26. The minimum Gasteiger partial charge on any atom is -0.497 e. The van der Waals surface area contributed by atoms with Crippen LogP contribution >= 0.6 is 15.9 Å². The number of nitrogen functional groups attached to an aromatic ring is 1.